The molecule has 5 rings (SSSR count). The lowest BCUT2D eigenvalue weighted by atomic mass is 9.83. The number of para-hydroxylation sites is 1. The van der Waals surface area contributed by atoms with Gasteiger partial charge in [0.1, 0.15) is 0 Å². The Balaban J connectivity index is 1.41. The maximum atomic E-state index is 13.4. The molecule has 2 aliphatic rings. The number of halogens is 1. The number of rotatable bonds is 5. The van der Waals surface area contributed by atoms with Crippen LogP contribution in [0.1, 0.15) is 5.56 Å². The number of nitrogens with one attached hydrogen (secondary N) is 2. The van der Waals surface area contributed by atoms with Crippen LogP contribution in [0.2, 0.25) is 5.02 Å². The second-order valence-corrected chi connectivity index (χ2v) is 8.99. The van der Waals surface area contributed by atoms with Gasteiger partial charge in [-0.25, -0.2) is 10.4 Å². The van der Waals surface area contributed by atoms with E-state index in [1.54, 1.807) is 23.2 Å². The Hall–Kier alpha value is -3.19. The highest BCUT2D eigenvalue weighted by atomic mass is 35.5. The summed E-state index contributed by atoms with van der Waals surface area (Å²) in [4.78, 5) is 29.0. The highest BCUT2D eigenvalue weighted by Crippen LogP contribution is 2.33. The Morgan fingerprint density at radius 2 is 1.70 bits per heavy atom. The number of amides is 2. The summed E-state index contributed by atoms with van der Waals surface area (Å²) in [5.41, 5.74) is 5.92. The predicted octanol–water partition coefficient (Wildman–Crippen LogP) is 3.95. The molecule has 0 spiro atoms. The average Bonchev–Trinajstić information content (AvgIpc) is 3.16. The van der Waals surface area contributed by atoms with Gasteiger partial charge in [0, 0.05) is 30.3 Å². The van der Waals surface area contributed by atoms with Crippen LogP contribution < -0.4 is 15.8 Å². The maximum Gasteiger partial charge on any atom is 0.247 e. The Morgan fingerprint density at radius 1 is 0.970 bits per heavy atom. The molecule has 0 aromatic heterocycles. The highest BCUT2D eigenvalue weighted by Gasteiger charge is 2.50. The summed E-state index contributed by atoms with van der Waals surface area (Å²) in [6.45, 7) is 1.82. The zero-order chi connectivity index (χ0) is 22.8. The molecule has 6 nitrogen and oxygen atoms in total. The predicted molar refractivity (Wildman–Crippen MR) is 130 cm³/mol. The third-order valence-corrected chi connectivity index (χ3v) is 6.52. The van der Waals surface area contributed by atoms with E-state index in [1.807, 2.05) is 54.6 Å². The van der Waals surface area contributed by atoms with E-state index in [2.05, 4.69) is 27.8 Å². The van der Waals surface area contributed by atoms with Crippen molar-refractivity contribution in [1.29, 1.82) is 0 Å². The number of nitrogens with zero attached hydrogens (tertiary/aromatic N) is 2. The number of hydrogen-bond donors (Lipinski definition) is 2. The van der Waals surface area contributed by atoms with Crippen molar-refractivity contribution >= 4 is 34.8 Å². The van der Waals surface area contributed by atoms with Crippen molar-refractivity contribution in [1.82, 2.24) is 10.3 Å². The number of fused-ring (bicyclic) bond motifs is 1. The van der Waals surface area contributed by atoms with E-state index in [9.17, 15) is 9.59 Å². The Morgan fingerprint density at radius 3 is 2.42 bits per heavy atom. The maximum absolute atomic E-state index is 13.4. The van der Waals surface area contributed by atoms with Crippen LogP contribution in [-0.4, -0.2) is 35.8 Å². The van der Waals surface area contributed by atoms with Crippen LogP contribution in [-0.2, 0) is 16.1 Å². The molecule has 2 amide bonds. The molecule has 168 valence electrons. The number of carbonyl (C=O) groups is 2. The van der Waals surface area contributed by atoms with Crippen LogP contribution in [0.5, 0.6) is 0 Å². The van der Waals surface area contributed by atoms with Gasteiger partial charge in [-0.05, 0) is 35.9 Å². The fourth-order valence-electron chi connectivity index (χ4n) is 4.73. The van der Waals surface area contributed by atoms with Crippen molar-refractivity contribution in [2.45, 2.75) is 12.6 Å². The number of piperidine rings is 1. The normalized spacial score (nSPS) is 22.8. The summed E-state index contributed by atoms with van der Waals surface area (Å²) in [6, 6.07) is 26.5. The summed E-state index contributed by atoms with van der Waals surface area (Å²) in [5.74, 6) is -0.869. The summed E-state index contributed by atoms with van der Waals surface area (Å²) < 4.78 is 0. The van der Waals surface area contributed by atoms with Gasteiger partial charge >= 0.3 is 0 Å². The smallest absolute Gasteiger partial charge is 0.247 e. The first-order chi connectivity index (χ1) is 16.1. The molecule has 2 saturated heterocycles. The number of benzene rings is 3. The van der Waals surface area contributed by atoms with E-state index in [-0.39, 0.29) is 23.8 Å². The van der Waals surface area contributed by atoms with Crippen LogP contribution in [0.4, 0.5) is 11.4 Å². The molecular weight excluding hydrogens is 436 g/mol. The molecule has 0 bridgehead atoms. The minimum absolute atomic E-state index is 0.00971. The lowest BCUT2D eigenvalue weighted by Crippen LogP contribution is -2.55. The molecule has 2 N–H and O–H groups in total. The lowest BCUT2D eigenvalue weighted by Gasteiger charge is -2.38. The van der Waals surface area contributed by atoms with Gasteiger partial charge in [0.15, 0.2) is 0 Å². The van der Waals surface area contributed by atoms with E-state index in [0.29, 0.717) is 30.3 Å². The van der Waals surface area contributed by atoms with E-state index in [0.717, 1.165) is 11.3 Å². The van der Waals surface area contributed by atoms with E-state index < -0.39 is 5.92 Å². The standard InChI is InChI=1S/C26H25ClN4O2/c27-19-10-7-11-20(14-19)28-25(32)22-16-30(15-18-8-3-1-4-9-18)17-23-24(22)29-31(26(23)33)21-12-5-2-6-13-21/h1-14,22-24,29H,15-17H2,(H,28,32). The number of hydrogen-bond acceptors (Lipinski definition) is 4. The van der Waals surface area contributed by atoms with Crippen molar-refractivity contribution in [2.75, 3.05) is 23.4 Å². The molecule has 33 heavy (non-hydrogen) atoms. The topological polar surface area (TPSA) is 64.7 Å². The zero-order valence-electron chi connectivity index (χ0n) is 18.0. The first-order valence-electron chi connectivity index (χ1n) is 11.1. The van der Waals surface area contributed by atoms with Crippen LogP contribution >= 0.6 is 11.6 Å². The monoisotopic (exact) mass is 460 g/mol. The van der Waals surface area contributed by atoms with Crippen molar-refractivity contribution in [3.8, 4) is 0 Å². The summed E-state index contributed by atoms with van der Waals surface area (Å²) in [7, 11) is 0. The average molecular weight is 461 g/mol. The van der Waals surface area contributed by atoms with Gasteiger partial charge in [-0.2, -0.15) is 0 Å². The minimum Gasteiger partial charge on any atom is -0.326 e. The fraction of sp³-hybridized carbons (Fsp3) is 0.231. The molecular formula is C26H25ClN4O2. The Labute approximate surface area is 198 Å². The molecule has 2 heterocycles. The Bertz CT molecular complexity index is 1140. The highest BCUT2D eigenvalue weighted by molar-refractivity contribution is 6.30. The van der Waals surface area contributed by atoms with Crippen LogP contribution in [0.3, 0.4) is 0 Å². The van der Waals surface area contributed by atoms with Gasteiger partial charge in [-0.3, -0.25) is 14.5 Å². The molecule has 3 atom stereocenters. The van der Waals surface area contributed by atoms with Crippen molar-refractivity contribution in [2.24, 2.45) is 11.8 Å². The fourth-order valence-corrected chi connectivity index (χ4v) is 4.92. The van der Waals surface area contributed by atoms with E-state index >= 15 is 0 Å². The number of hydrazine groups is 1. The van der Waals surface area contributed by atoms with E-state index in [4.69, 9.17) is 11.6 Å². The molecule has 0 aliphatic carbocycles. The Kier molecular flexibility index (Phi) is 6.13. The van der Waals surface area contributed by atoms with Crippen molar-refractivity contribution in [3.63, 3.8) is 0 Å². The molecule has 3 aromatic carbocycles. The van der Waals surface area contributed by atoms with Gasteiger partial charge in [0.2, 0.25) is 11.8 Å². The van der Waals surface area contributed by atoms with Gasteiger partial charge in [0.05, 0.1) is 23.6 Å². The van der Waals surface area contributed by atoms with Crippen LogP contribution in [0, 0.1) is 11.8 Å². The third-order valence-electron chi connectivity index (χ3n) is 6.28. The molecule has 2 fully saturated rings. The molecule has 0 radical (unpaired) electrons. The SMILES string of the molecule is O=C(Nc1cccc(Cl)c1)C1CN(Cc2ccccc2)CC2C(=O)N(c3ccccc3)NC12. The summed E-state index contributed by atoms with van der Waals surface area (Å²) in [6.07, 6.45) is 0. The number of likely N-dealkylation sites (tertiary alicyclic amines) is 1. The van der Waals surface area contributed by atoms with E-state index in [1.165, 1.54) is 0 Å². The number of carbonyl (C=O) groups excluding carboxylic acids is 2. The summed E-state index contributed by atoms with van der Waals surface area (Å²) >= 11 is 6.10. The molecule has 3 aromatic rings. The second-order valence-electron chi connectivity index (χ2n) is 8.56. The zero-order valence-corrected chi connectivity index (χ0v) is 18.8. The largest absolute Gasteiger partial charge is 0.326 e. The molecule has 3 unspecified atom stereocenters. The summed E-state index contributed by atoms with van der Waals surface area (Å²) in [5, 5.41) is 5.16. The number of anilines is 2. The van der Waals surface area contributed by atoms with Crippen molar-refractivity contribution in [3.05, 3.63) is 95.5 Å². The van der Waals surface area contributed by atoms with Crippen LogP contribution in [0.15, 0.2) is 84.9 Å². The van der Waals surface area contributed by atoms with Gasteiger partial charge < -0.3 is 5.32 Å². The quantitative estimate of drug-likeness (QED) is 0.605. The van der Waals surface area contributed by atoms with Gasteiger partial charge in [-0.15, -0.1) is 0 Å². The lowest BCUT2D eigenvalue weighted by molar-refractivity contribution is -0.126. The minimum atomic E-state index is -0.413. The first kappa shape index (κ1) is 21.6. The van der Waals surface area contributed by atoms with Crippen molar-refractivity contribution < 1.29 is 9.59 Å². The first-order valence-corrected chi connectivity index (χ1v) is 11.4. The third kappa shape index (κ3) is 4.64. The molecule has 7 heteroatoms. The molecule has 2 aliphatic heterocycles. The molecule has 0 saturated carbocycles. The van der Waals surface area contributed by atoms with Gasteiger partial charge in [0.25, 0.3) is 0 Å². The van der Waals surface area contributed by atoms with Crippen LogP contribution in [0.25, 0.3) is 0 Å². The second kappa shape index (κ2) is 9.35. The van der Waals surface area contributed by atoms with Gasteiger partial charge in [-0.1, -0.05) is 66.2 Å².